The number of pyridine rings is 1. The highest BCUT2D eigenvalue weighted by Crippen LogP contribution is 2.27. The molecule has 2 amide bonds. The number of rotatable bonds is 9. The number of carbonyl (C=O) groups is 2. The molecule has 2 N–H and O–H groups in total. The van der Waals surface area contributed by atoms with Gasteiger partial charge in [-0.15, -0.1) is 0 Å². The summed E-state index contributed by atoms with van der Waals surface area (Å²) in [6, 6.07) is 10.1. The van der Waals surface area contributed by atoms with Crippen LogP contribution in [-0.4, -0.2) is 51.3 Å². The lowest BCUT2D eigenvalue weighted by Crippen LogP contribution is -2.29. The summed E-state index contributed by atoms with van der Waals surface area (Å²) in [4.78, 5) is 28.5. The quantitative estimate of drug-likeness (QED) is 0.645. The summed E-state index contributed by atoms with van der Waals surface area (Å²) in [5, 5.41) is 5.44. The molecule has 0 saturated heterocycles. The van der Waals surface area contributed by atoms with E-state index in [0.717, 1.165) is 5.56 Å². The summed E-state index contributed by atoms with van der Waals surface area (Å²) < 4.78 is 15.3. The fraction of sp³-hybridized carbons (Fsp3) is 0.316. The molecule has 0 bridgehead atoms. The third kappa shape index (κ3) is 5.68. The molecule has 0 unspecified atom stereocenters. The first-order chi connectivity index (χ1) is 13.1. The van der Waals surface area contributed by atoms with Crippen molar-refractivity contribution in [2.24, 2.45) is 0 Å². The molecule has 0 spiro atoms. The number of ether oxygens (including phenoxy) is 3. The van der Waals surface area contributed by atoms with Crippen LogP contribution in [0.2, 0.25) is 0 Å². The standard InChI is InChI=1S/C19H23N3O5/c1-25-10-9-20-18(23)14-5-4-6-15(22-14)19(24)21-12-13-7-8-16(26-2)17(11-13)27-3/h4-8,11H,9-10,12H2,1-3H3,(H,20,23)(H,21,24). The molecular formula is C19H23N3O5. The maximum Gasteiger partial charge on any atom is 0.270 e. The first-order valence-electron chi connectivity index (χ1n) is 8.32. The lowest BCUT2D eigenvalue weighted by Gasteiger charge is -2.10. The van der Waals surface area contributed by atoms with Gasteiger partial charge in [0.2, 0.25) is 0 Å². The molecule has 1 heterocycles. The van der Waals surface area contributed by atoms with Gasteiger partial charge < -0.3 is 24.8 Å². The minimum atomic E-state index is -0.378. The van der Waals surface area contributed by atoms with E-state index in [1.54, 1.807) is 51.7 Å². The van der Waals surface area contributed by atoms with Crippen molar-refractivity contribution in [3.8, 4) is 11.5 Å². The predicted molar refractivity (Wildman–Crippen MR) is 99.2 cm³/mol. The molecule has 27 heavy (non-hydrogen) atoms. The Bertz CT molecular complexity index is 795. The summed E-state index contributed by atoms with van der Waals surface area (Å²) >= 11 is 0. The van der Waals surface area contributed by atoms with Crippen LogP contribution in [0.15, 0.2) is 36.4 Å². The number of carbonyl (C=O) groups excluding carboxylic acids is 2. The molecule has 0 atom stereocenters. The summed E-state index contributed by atoms with van der Waals surface area (Å²) in [7, 11) is 4.66. The zero-order valence-electron chi connectivity index (χ0n) is 15.6. The molecule has 144 valence electrons. The normalized spacial score (nSPS) is 10.2. The van der Waals surface area contributed by atoms with Crippen LogP contribution in [0.4, 0.5) is 0 Å². The topological polar surface area (TPSA) is 98.8 Å². The van der Waals surface area contributed by atoms with Crippen molar-refractivity contribution in [2.45, 2.75) is 6.54 Å². The Kier molecular flexibility index (Phi) is 7.57. The molecule has 1 aromatic carbocycles. The van der Waals surface area contributed by atoms with Crippen molar-refractivity contribution < 1.29 is 23.8 Å². The van der Waals surface area contributed by atoms with E-state index in [0.29, 0.717) is 24.7 Å². The fourth-order valence-corrected chi connectivity index (χ4v) is 2.31. The van der Waals surface area contributed by atoms with Crippen LogP contribution in [0.25, 0.3) is 0 Å². The average Bonchev–Trinajstić information content (AvgIpc) is 2.71. The van der Waals surface area contributed by atoms with Gasteiger partial charge in [0.15, 0.2) is 11.5 Å². The highest BCUT2D eigenvalue weighted by Gasteiger charge is 2.12. The maximum atomic E-state index is 12.3. The highest BCUT2D eigenvalue weighted by atomic mass is 16.5. The molecular weight excluding hydrogens is 350 g/mol. The van der Waals surface area contributed by atoms with Crippen LogP contribution in [0.1, 0.15) is 26.5 Å². The highest BCUT2D eigenvalue weighted by molar-refractivity contribution is 5.96. The van der Waals surface area contributed by atoms with Gasteiger partial charge in [0, 0.05) is 20.2 Å². The van der Waals surface area contributed by atoms with Gasteiger partial charge in [-0.1, -0.05) is 12.1 Å². The van der Waals surface area contributed by atoms with Crippen LogP contribution >= 0.6 is 0 Å². The second kappa shape index (κ2) is 10.1. The third-order valence-electron chi connectivity index (χ3n) is 3.71. The summed E-state index contributed by atoms with van der Waals surface area (Å²) in [6.07, 6.45) is 0. The Balaban J connectivity index is 2.00. The molecule has 8 nitrogen and oxygen atoms in total. The molecule has 0 radical (unpaired) electrons. The Hall–Kier alpha value is -3.13. The first kappa shape index (κ1) is 20.2. The van der Waals surface area contributed by atoms with Crippen LogP contribution in [0, 0.1) is 0 Å². The number of nitrogens with one attached hydrogen (secondary N) is 2. The van der Waals surface area contributed by atoms with Crippen molar-refractivity contribution in [1.82, 2.24) is 15.6 Å². The van der Waals surface area contributed by atoms with Gasteiger partial charge in [-0.05, 0) is 29.8 Å². The van der Waals surface area contributed by atoms with Gasteiger partial charge in [0.05, 0.1) is 20.8 Å². The largest absolute Gasteiger partial charge is 0.493 e. The summed E-state index contributed by atoms with van der Waals surface area (Å²) in [5.74, 6) is 0.455. The second-order valence-electron chi connectivity index (χ2n) is 5.53. The summed E-state index contributed by atoms with van der Waals surface area (Å²) in [5.41, 5.74) is 1.18. The molecule has 0 aliphatic rings. The Labute approximate surface area is 157 Å². The van der Waals surface area contributed by atoms with E-state index in [2.05, 4.69) is 15.6 Å². The van der Waals surface area contributed by atoms with E-state index in [-0.39, 0.29) is 29.7 Å². The van der Waals surface area contributed by atoms with E-state index in [1.807, 2.05) is 6.07 Å². The molecule has 0 aliphatic heterocycles. The molecule has 8 heteroatoms. The number of hydrogen-bond donors (Lipinski definition) is 2. The number of amides is 2. The zero-order chi connectivity index (χ0) is 19.6. The van der Waals surface area contributed by atoms with E-state index in [9.17, 15) is 9.59 Å². The molecule has 0 fully saturated rings. The Morgan fingerprint density at radius 3 is 2.22 bits per heavy atom. The van der Waals surface area contributed by atoms with Crippen molar-refractivity contribution in [3.05, 3.63) is 53.3 Å². The molecule has 2 aromatic rings. The van der Waals surface area contributed by atoms with E-state index in [4.69, 9.17) is 14.2 Å². The minimum Gasteiger partial charge on any atom is -0.493 e. The number of aromatic nitrogens is 1. The van der Waals surface area contributed by atoms with Gasteiger partial charge in [-0.3, -0.25) is 9.59 Å². The lowest BCUT2D eigenvalue weighted by atomic mass is 10.2. The number of nitrogens with zero attached hydrogens (tertiary/aromatic N) is 1. The SMILES string of the molecule is COCCNC(=O)c1cccc(C(=O)NCc2ccc(OC)c(OC)c2)n1. The van der Waals surface area contributed by atoms with Gasteiger partial charge in [-0.2, -0.15) is 0 Å². The molecule has 0 aliphatic carbocycles. The van der Waals surface area contributed by atoms with Crippen LogP contribution in [0.5, 0.6) is 11.5 Å². The van der Waals surface area contributed by atoms with Gasteiger partial charge in [0.25, 0.3) is 11.8 Å². The Morgan fingerprint density at radius 1 is 0.926 bits per heavy atom. The monoisotopic (exact) mass is 373 g/mol. The van der Waals surface area contributed by atoms with Crippen molar-refractivity contribution in [1.29, 1.82) is 0 Å². The number of methoxy groups -OCH3 is 3. The second-order valence-corrected chi connectivity index (χ2v) is 5.53. The van der Waals surface area contributed by atoms with Gasteiger partial charge >= 0.3 is 0 Å². The minimum absolute atomic E-state index is 0.162. The number of benzene rings is 1. The Morgan fingerprint density at radius 2 is 1.59 bits per heavy atom. The lowest BCUT2D eigenvalue weighted by molar-refractivity contribution is 0.0930. The fourth-order valence-electron chi connectivity index (χ4n) is 2.31. The van der Waals surface area contributed by atoms with E-state index < -0.39 is 0 Å². The van der Waals surface area contributed by atoms with Gasteiger partial charge in [-0.25, -0.2) is 4.98 Å². The predicted octanol–water partition coefficient (Wildman–Crippen LogP) is 1.40. The average molecular weight is 373 g/mol. The maximum absolute atomic E-state index is 12.3. The van der Waals surface area contributed by atoms with Gasteiger partial charge in [0.1, 0.15) is 11.4 Å². The first-order valence-corrected chi connectivity index (χ1v) is 8.32. The third-order valence-corrected chi connectivity index (χ3v) is 3.71. The molecule has 1 aromatic heterocycles. The van der Waals surface area contributed by atoms with Crippen molar-refractivity contribution in [2.75, 3.05) is 34.5 Å². The summed E-state index contributed by atoms with van der Waals surface area (Å²) in [6.45, 7) is 1.05. The zero-order valence-corrected chi connectivity index (χ0v) is 15.6. The smallest absolute Gasteiger partial charge is 0.270 e. The molecule has 0 saturated carbocycles. The van der Waals surface area contributed by atoms with Crippen LogP contribution in [-0.2, 0) is 11.3 Å². The van der Waals surface area contributed by atoms with Crippen molar-refractivity contribution in [3.63, 3.8) is 0 Å². The van der Waals surface area contributed by atoms with Crippen molar-refractivity contribution >= 4 is 11.8 Å². The van der Waals surface area contributed by atoms with E-state index in [1.165, 1.54) is 0 Å². The van der Waals surface area contributed by atoms with Crippen LogP contribution < -0.4 is 20.1 Å². The number of hydrogen-bond acceptors (Lipinski definition) is 6. The molecule has 2 rings (SSSR count). The van der Waals surface area contributed by atoms with Crippen LogP contribution in [0.3, 0.4) is 0 Å². The van der Waals surface area contributed by atoms with E-state index >= 15 is 0 Å².